The number of hydrogen-bond acceptors (Lipinski definition) is 4. The minimum Gasteiger partial charge on any atom is -0.323 e. The normalized spacial score (nSPS) is 10.1. The molecule has 0 aliphatic carbocycles. The summed E-state index contributed by atoms with van der Waals surface area (Å²) in [5.74, 6) is 5.10. The van der Waals surface area contributed by atoms with Gasteiger partial charge in [-0.25, -0.2) is 4.98 Å². The van der Waals surface area contributed by atoms with E-state index in [2.05, 4.69) is 10.4 Å². The lowest BCUT2D eigenvalue weighted by molar-refractivity contribution is 0.0988. The number of nitrogen functional groups attached to an aromatic ring is 1. The lowest BCUT2D eigenvalue weighted by Gasteiger charge is -2.17. The number of carbonyl (C=O) groups excluding carboxylic acids is 1. The average Bonchev–Trinajstić information content (AvgIpc) is 2.46. The summed E-state index contributed by atoms with van der Waals surface area (Å²) in [6.07, 6.45) is 1.53. The fraction of sp³-hybridized carbons (Fsp3) is 0.143. The topological polar surface area (TPSA) is 71.2 Å². The van der Waals surface area contributed by atoms with Crippen molar-refractivity contribution in [2.45, 2.75) is 6.92 Å². The number of benzene rings is 1. The molecular weight excluding hydrogens is 240 g/mol. The zero-order chi connectivity index (χ0) is 13.8. The molecule has 1 aromatic carbocycles. The lowest BCUT2D eigenvalue weighted by Crippen LogP contribution is -2.27. The molecule has 0 saturated carbocycles. The van der Waals surface area contributed by atoms with Crippen LogP contribution in [0.15, 0.2) is 42.6 Å². The number of amides is 1. The Labute approximate surface area is 112 Å². The number of aryl methyl sites for hydroxylation is 1. The number of aromatic nitrogens is 1. The van der Waals surface area contributed by atoms with Gasteiger partial charge in [-0.1, -0.05) is 12.1 Å². The molecule has 1 aromatic heterocycles. The molecule has 0 unspecified atom stereocenters. The van der Waals surface area contributed by atoms with Crippen molar-refractivity contribution in [3.8, 4) is 0 Å². The number of nitrogens with zero attached hydrogens (tertiary/aromatic N) is 2. The van der Waals surface area contributed by atoms with Crippen molar-refractivity contribution in [1.29, 1.82) is 0 Å². The molecule has 98 valence electrons. The maximum absolute atomic E-state index is 12.3. The molecule has 0 aliphatic rings. The van der Waals surface area contributed by atoms with Crippen LogP contribution >= 0.6 is 0 Å². The minimum absolute atomic E-state index is 0.158. The molecular formula is C14H16N4O. The molecule has 0 saturated heterocycles. The number of carbonyl (C=O) groups is 1. The van der Waals surface area contributed by atoms with Crippen LogP contribution in [-0.4, -0.2) is 17.9 Å². The highest BCUT2D eigenvalue weighted by atomic mass is 16.2. The van der Waals surface area contributed by atoms with Gasteiger partial charge in [0.25, 0.3) is 5.91 Å². The highest BCUT2D eigenvalue weighted by Crippen LogP contribution is 2.16. The van der Waals surface area contributed by atoms with Gasteiger partial charge in [0.05, 0.1) is 11.9 Å². The number of anilines is 2. The van der Waals surface area contributed by atoms with Crippen molar-refractivity contribution in [3.63, 3.8) is 0 Å². The van der Waals surface area contributed by atoms with Gasteiger partial charge in [0.1, 0.15) is 5.69 Å². The monoisotopic (exact) mass is 256 g/mol. The molecule has 5 heteroatoms. The summed E-state index contributed by atoms with van der Waals surface area (Å²) in [6.45, 7) is 1.99. The molecule has 0 fully saturated rings. The Morgan fingerprint density at radius 3 is 2.68 bits per heavy atom. The second kappa shape index (κ2) is 5.49. The number of hydrogen-bond donors (Lipinski definition) is 2. The SMILES string of the molecule is Cc1cccc(N(C)C(=O)c2ccc(NN)cn2)c1. The van der Waals surface area contributed by atoms with Gasteiger partial charge in [-0.15, -0.1) is 0 Å². The fourth-order valence-corrected chi connectivity index (χ4v) is 1.73. The van der Waals surface area contributed by atoms with E-state index in [1.54, 1.807) is 24.1 Å². The van der Waals surface area contributed by atoms with E-state index in [0.29, 0.717) is 11.4 Å². The quantitative estimate of drug-likeness (QED) is 0.650. The predicted molar refractivity (Wildman–Crippen MR) is 76.0 cm³/mol. The minimum atomic E-state index is -0.158. The summed E-state index contributed by atoms with van der Waals surface area (Å²) in [4.78, 5) is 17.9. The highest BCUT2D eigenvalue weighted by Gasteiger charge is 2.14. The van der Waals surface area contributed by atoms with Crippen LogP contribution in [0.2, 0.25) is 0 Å². The number of hydrazine groups is 1. The maximum Gasteiger partial charge on any atom is 0.276 e. The summed E-state index contributed by atoms with van der Waals surface area (Å²) in [5.41, 5.74) is 5.46. The standard InChI is InChI=1S/C14H16N4O/c1-10-4-3-5-12(8-10)18(2)14(19)13-7-6-11(17-15)9-16-13/h3-9,17H,15H2,1-2H3. The molecule has 0 spiro atoms. The highest BCUT2D eigenvalue weighted by molar-refractivity contribution is 6.04. The van der Waals surface area contributed by atoms with Crippen molar-refractivity contribution >= 4 is 17.3 Å². The molecule has 3 N–H and O–H groups in total. The third-order valence-corrected chi connectivity index (χ3v) is 2.84. The van der Waals surface area contributed by atoms with Gasteiger partial charge in [-0.2, -0.15) is 0 Å². The van der Waals surface area contributed by atoms with E-state index in [1.165, 1.54) is 6.20 Å². The van der Waals surface area contributed by atoms with Crippen molar-refractivity contribution in [2.24, 2.45) is 5.84 Å². The van der Waals surface area contributed by atoms with E-state index < -0.39 is 0 Å². The second-order valence-corrected chi connectivity index (χ2v) is 4.28. The molecule has 0 atom stereocenters. The van der Waals surface area contributed by atoms with Crippen LogP contribution in [0, 0.1) is 6.92 Å². The Balaban J connectivity index is 2.23. The summed E-state index contributed by atoms with van der Waals surface area (Å²) >= 11 is 0. The Morgan fingerprint density at radius 1 is 1.32 bits per heavy atom. The largest absolute Gasteiger partial charge is 0.323 e. The molecule has 0 aliphatic heterocycles. The van der Waals surface area contributed by atoms with Gasteiger partial charge in [0.15, 0.2) is 0 Å². The smallest absolute Gasteiger partial charge is 0.276 e. The summed E-state index contributed by atoms with van der Waals surface area (Å²) in [5, 5.41) is 0. The average molecular weight is 256 g/mol. The van der Waals surface area contributed by atoms with Crippen LogP contribution in [0.1, 0.15) is 16.1 Å². The van der Waals surface area contributed by atoms with E-state index in [9.17, 15) is 4.79 Å². The van der Waals surface area contributed by atoms with Gasteiger partial charge >= 0.3 is 0 Å². The number of nitrogens with one attached hydrogen (secondary N) is 1. The molecule has 0 radical (unpaired) electrons. The van der Waals surface area contributed by atoms with Crippen LogP contribution in [0.25, 0.3) is 0 Å². The van der Waals surface area contributed by atoms with Crippen molar-refractivity contribution < 1.29 is 4.79 Å². The number of pyridine rings is 1. The van der Waals surface area contributed by atoms with Gasteiger partial charge in [-0.05, 0) is 36.8 Å². The fourth-order valence-electron chi connectivity index (χ4n) is 1.73. The molecule has 1 amide bonds. The van der Waals surface area contributed by atoms with E-state index in [0.717, 1.165) is 11.3 Å². The Hall–Kier alpha value is -2.40. The predicted octanol–water partition coefficient (Wildman–Crippen LogP) is 1.95. The molecule has 2 rings (SSSR count). The summed E-state index contributed by atoms with van der Waals surface area (Å²) in [7, 11) is 1.73. The molecule has 5 nitrogen and oxygen atoms in total. The first-order valence-corrected chi connectivity index (χ1v) is 5.89. The van der Waals surface area contributed by atoms with Crippen LogP contribution in [-0.2, 0) is 0 Å². The summed E-state index contributed by atoms with van der Waals surface area (Å²) in [6, 6.07) is 11.1. The first-order valence-electron chi connectivity index (χ1n) is 5.89. The van der Waals surface area contributed by atoms with Crippen molar-refractivity contribution in [3.05, 3.63) is 53.9 Å². The van der Waals surface area contributed by atoms with Gasteiger partial charge in [-0.3, -0.25) is 10.6 Å². The van der Waals surface area contributed by atoms with E-state index >= 15 is 0 Å². The first kappa shape index (κ1) is 13.0. The lowest BCUT2D eigenvalue weighted by atomic mass is 10.2. The van der Waals surface area contributed by atoms with Crippen LogP contribution in [0.4, 0.5) is 11.4 Å². The third-order valence-electron chi connectivity index (χ3n) is 2.84. The van der Waals surface area contributed by atoms with E-state index in [4.69, 9.17) is 5.84 Å². The third kappa shape index (κ3) is 2.89. The van der Waals surface area contributed by atoms with Crippen molar-refractivity contribution in [1.82, 2.24) is 4.98 Å². The van der Waals surface area contributed by atoms with Crippen LogP contribution in [0.3, 0.4) is 0 Å². The zero-order valence-corrected chi connectivity index (χ0v) is 10.9. The van der Waals surface area contributed by atoms with Crippen LogP contribution < -0.4 is 16.2 Å². The Kier molecular flexibility index (Phi) is 3.77. The van der Waals surface area contributed by atoms with Gasteiger partial charge < -0.3 is 10.3 Å². The number of nitrogens with two attached hydrogens (primary N) is 1. The van der Waals surface area contributed by atoms with E-state index in [-0.39, 0.29) is 5.91 Å². The Bertz CT molecular complexity index is 580. The first-order chi connectivity index (χ1) is 9.11. The molecule has 19 heavy (non-hydrogen) atoms. The molecule has 1 heterocycles. The molecule has 0 bridgehead atoms. The van der Waals surface area contributed by atoms with E-state index in [1.807, 2.05) is 31.2 Å². The zero-order valence-electron chi connectivity index (χ0n) is 10.9. The van der Waals surface area contributed by atoms with Crippen molar-refractivity contribution in [2.75, 3.05) is 17.4 Å². The maximum atomic E-state index is 12.3. The second-order valence-electron chi connectivity index (χ2n) is 4.28. The van der Waals surface area contributed by atoms with Gasteiger partial charge in [0, 0.05) is 12.7 Å². The molecule has 2 aromatic rings. The summed E-state index contributed by atoms with van der Waals surface area (Å²) < 4.78 is 0. The Morgan fingerprint density at radius 2 is 2.11 bits per heavy atom. The van der Waals surface area contributed by atoms with Crippen LogP contribution in [0.5, 0.6) is 0 Å². The van der Waals surface area contributed by atoms with Gasteiger partial charge in [0.2, 0.25) is 0 Å². The number of rotatable bonds is 3.